The molecule has 0 amide bonds. The molecular formula is C12H21N3S. The molecule has 0 aliphatic heterocycles. The fourth-order valence-corrected chi connectivity index (χ4v) is 3.38. The molecule has 0 radical (unpaired) electrons. The Balaban J connectivity index is 1.86. The molecule has 3 nitrogen and oxygen atoms in total. The molecule has 0 saturated heterocycles. The van der Waals surface area contributed by atoms with Crippen molar-refractivity contribution in [3.63, 3.8) is 0 Å². The monoisotopic (exact) mass is 239 g/mol. The van der Waals surface area contributed by atoms with Crippen molar-refractivity contribution in [1.29, 1.82) is 0 Å². The number of hydrogen-bond donors (Lipinski definition) is 1. The van der Waals surface area contributed by atoms with Gasteiger partial charge in [-0.1, -0.05) is 38.5 Å². The smallest absolute Gasteiger partial charge is 0.131 e. The number of aromatic nitrogens is 2. The van der Waals surface area contributed by atoms with Crippen LogP contribution in [-0.2, 0) is 13.0 Å². The zero-order valence-electron chi connectivity index (χ0n) is 10.0. The third-order valence-corrected chi connectivity index (χ3v) is 4.22. The van der Waals surface area contributed by atoms with Crippen molar-refractivity contribution in [3.8, 4) is 0 Å². The summed E-state index contributed by atoms with van der Waals surface area (Å²) in [5, 5.41) is 14.0. The Bertz CT molecular complexity index is 303. The largest absolute Gasteiger partial charge is 0.313 e. The van der Waals surface area contributed by atoms with Gasteiger partial charge < -0.3 is 5.32 Å². The molecule has 1 fully saturated rings. The fourth-order valence-electron chi connectivity index (χ4n) is 2.41. The Kier molecular flexibility index (Phi) is 4.72. The lowest BCUT2D eigenvalue weighted by Gasteiger charge is -2.10. The van der Waals surface area contributed by atoms with Gasteiger partial charge in [0.15, 0.2) is 0 Å². The standard InChI is InChI=1S/C12H21N3S/c1-13-9-12-15-14-11(16-12)8-10-6-4-2-3-5-7-10/h10,13H,2-9H2,1H3. The van der Waals surface area contributed by atoms with Gasteiger partial charge in [0.05, 0.1) is 0 Å². The Labute approximate surface area is 102 Å². The van der Waals surface area contributed by atoms with Crippen LogP contribution in [-0.4, -0.2) is 17.2 Å². The number of nitrogens with one attached hydrogen (secondary N) is 1. The molecule has 1 aromatic heterocycles. The maximum atomic E-state index is 4.29. The van der Waals surface area contributed by atoms with Crippen molar-refractivity contribution >= 4 is 11.3 Å². The summed E-state index contributed by atoms with van der Waals surface area (Å²) in [5.41, 5.74) is 0. The van der Waals surface area contributed by atoms with Gasteiger partial charge in [-0.15, -0.1) is 21.5 Å². The average Bonchev–Trinajstić information content (AvgIpc) is 2.56. The highest BCUT2D eigenvalue weighted by molar-refractivity contribution is 7.11. The van der Waals surface area contributed by atoms with Crippen LogP contribution in [0, 0.1) is 5.92 Å². The molecular weight excluding hydrogens is 218 g/mol. The van der Waals surface area contributed by atoms with Gasteiger partial charge in [0.25, 0.3) is 0 Å². The third-order valence-electron chi connectivity index (χ3n) is 3.27. The summed E-state index contributed by atoms with van der Waals surface area (Å²) in [7, 11) is 1.95. The molecule has 1 heterocycles. The number of nitrogens with zero attached hydrogens (tertiary/aromatic N) is 2. The first-order valence-electron chi connectivity index (χ1n) is 6.34. The Morgan fingerprint density at radius 2 is 1.81 bits per heavy atom. The van der Waals surface area contributed by atoms with E-state index >= 15 is 0 Å². The minimum absolute atomic E-state index is 0.850. The lowest BCUT2D eigenvalue weighted by atomic mass is 9.97. The van der Waals surface area contributed by atoms with E-state index < -0.39 is 0 Å². The van der Waals surface area contributed by atoms with E-state index in [1.807, 2.05) is 7.05 Å². The summed E-state index contributed by atoms with van der Waals surface area (Å²) < 4.78 is 0. The van der Waals surface area contributed by atoms with Crippen LogP contribution in [0.1, 0.15) is 48.5 Å². The first-order chi connectivity index (χ1) is 7.88. The van der Waals surface area contributed by atoms with Gasteiger partial charge in [-0.05, 0) is 13.0 Å². The van der Waals surface area contributed by atoms with Crippen LogP contribution in [0.4, 0.5) is 0 Å². The number of rotatable bonds is 4. The van der Waals surface area contributed by atoms with E-state index in [4.69, 9.17) is 0 Å². The van der Waals surface area contributed by atoms with Gasteiger partial charge >= 0.3 is 0 Å². The van der Waals surface area contributed by atoms with Gasteiger partial charge in [0, 0.05) is 13.0 Å². The molecule has 0 aromatic carbocycles. The van der Waals surface area contributed by atoms with Gasteiger partial charge in [-0.25, -0.2) is 0 Å². The van der Waals surface area contributed by atoms with Gasteiger partial charge in [-0.3, -0.25) is 0 Å². The summed E-state index contributed by atoms with van der Waals surface area (Å²) in [5.74, 6) is 0.859. The zero-order valence-corrected chi connectivity index (χ0v) is 10.9. The molecule has 0 spiro atoms. The normalized spacial score (nSPS) is 18.6. The number of hydrogen-bond acceptors (Lipinski definition) is 4. The van der Waals surface area contributed by atoms with Crippen molar-refractivity contribution in [1.82, 2.24) is 15.5 Å². The summed E-state index contributed by atoms with van der Waals surface area (Å²) in [6, 6.07) is 0. The highest BCUT2D eigenvalue weighted by atomic mass is 32.1. The van der Waals surface area contributed by atoms with E-state index in [0.717, 1.165) is 23.9 Å². The van der Waals surface area contributed by atoms with Crippen LogP contribution in [0.2, 0.25) is 0 Å². The van der Waals surface area contributed by atoms with Crippen LogP contribution in [0.5, 0.6) is 0 Å². The third kappa shape index (κ3) is 3.52. The summed E-state index contributed by atoms with van der Waals surface area (Å²) >= 11 is 1.77. The maximum Gasteiger partial charge on any atom is 0.131 e. The molecule has 16 heavy (non-hydrogen) atoms. The van der Waals surface area contributed by atoms with E-state index in [-0.39, 0.29) is 0 Å². The lowest BCUT2D eigenvalue weighted by Crippen LogP contribution is -2.04. The lowest BCUT2D eigenvalue weighted by molar-refractivity contribution is 0.456. The Morgan fingerprint density at radius 1 is 1.12 bits per heavy atom. The van der Waals surface area contributed by atoms with Crippen molar-refractivity contribution in [2.45, 2.75) is 51.5 Å². The average molecular weight is 239 g/mol. The van der Waals surface area contributed by atoms with Crippen molar-refractivity contribution in [2.75, 3.05) is 7.05 Å². The van der Waals surface area contributed by atoms with Crippen LogP contribution in [0.25, 0.3) is 0 Å². The van der Waals surface area contributed by atoms with Crippen LogP contribution >= 0.6 is 11.3 Å². The summed E-state index contributed by atoms with van der Waals surface area (Å²) in [4.78, 5) is 0. The second-order valence-corrected chi connectivity index (χ2v) is 5.83. The minimum atomic E-state index is 0.850. The van der Waals surface area contributed by atoms with Crippen molar-refractivity contribution in [2.24, 2.45) is 5.92 Å². The Morgan fingerprint density at radius 3 is 2.50 bits per heavy atom. The summed E-state index contributed by atoms with van der Waals surface area (Å²) in [6.45, 7) is 0.850. The van der Waals surface area contributed by atoms with Gasteiger partial charge in [0.2, 0.25) is 0 Å². The second-order valence-electron chi connectivity index (χ2n) is 4.68. The molecule has 2 rings (SSSR count). The van der Waals surface area contributed by atoms with Crippen LogP contribution < -0.4 is 5.32 Å². The SMILES string of the molecule is CNCc1nnc(CC2CCCCCC2)s1. The Hall–Kier alpha value is -0.480. The summed E-state index contributed by atoms with van der Waals surface area (Å²) in [6.07, 6.45) is 9.61. The van der Waals surface area contributed by atoms with Crippen LogP contribution in [0.3, 0.4) is 0 Å². The molecule has 1 N–H and O–H groups in total. The molecule has 0 atom stereocenters. The van der Waals surface area contributed by atoms with Crippen molar-refractivity contribution in [3.05, 3.63) is 10.0 Å². The van der Waals surface area contributed by atoms with Crippen LogP contribution in [0.15, 0.2) is 0 Å². The molecule has 1 aliphatic rings. The molecule has 1 aromatic rings. The molecule has 0 unspecified atom stereocenters. The van der Waals surface area contributed by atoms with Crippen molar-refractivity contribution < 1.29 is 0 Å². The first-order valence-corrected chi connectivity index (χ1v) is 7.16. The zero-order chi connectivity index (χ0) is 11.2. The van der Waals surface area contributed by atoms with Gasteiger partial charge in [-0.2, -0.15) is 0 Å². The van der Waals surface area contributed by atoms with Gasteiger partial charge in [0.1, 0.15) is 10.0 Å². The molecule has 1 aliphatic carbocycles. The predicted molar refractivity (Wildman–Crippen MR) is 67.6 cm³/mol. The quantitative estimate of drug-likeness (QED) is 0.821. The molecule has 0 bridgehead atoms. The van der Waals surface area contributed by atoms with E-state index in [1.165, 1.54) is 43.5 Å². The van der Waals surface area contributed by atoms with E-state index in [1.54, 1.807) is 11.3 Å². The highest BCUT2D eigenvalue weighted by Crippen LogP contribution is 2.26. The fraction of sp³-hybridized carbons (Fsp3) is 0.833. The van der Waals surface area contributed by atoms with E-state index in [9.17, 15) is 0 Å². The van der Waals surface area contributed by atoms with E-state index in [0.29, 0.717) is 0 Å². The molecule has 4 heteroatoms. The maximum absolute atomic E-state index is 4.29. The first kappa shape index (κ1) is 12.0. The molecule has 1 saturated carbocycles. The minimum Gasteiger partial charge on any atom is -0.313 e. The topological polar surface area (TPSA) is 37.8 Å². The highest BCUT2D eigenvalue weighted by Gasteiger charge is 2.15. The van der Waals surface area contributed by atoms with E-state index in [2.05, 4.69) is 15.5 Å². The molecule has 90 valence electrons. The predicted octanol–water partition coefficient (Wildman–Crippen LogP) is 2.77. The second kappa shape index (κ2) is 6.30.